The van der Waals surface area contributed by atoms with Crippen molar-refractivity contribution >= 4 is 28.3 Å². The van der Waals surface area contributed by atoms with Crippen molar-refractivity contribution in [3.05, 3.63) is 64.5 Å². The van der Waals surface area contributed by atoms with Gasteiger partial charge in [-0.25, -0.2) is 4.98 Å². The lowest BCUT2D eigenvalue weighted by Crippen LogP contribution is -2.29. The molecule has 162 valence electrons. The highest BCUT2D eigenvalue weighted by Gasteiger charge is 2.19. The maximum absolute atomic E-state index is 12.7. The molecule has 0 saturated carbocycles. The zero-order valence-electron chi connectivity index (χ0n) is 18.2. The van der Waals surface area contributed by atoms with Crippen molar-refractivity contribution in [3.63, 3.8) is 0 Å². The number of carbonyl (C=O) groups is 2. The van der Waals surface area contributed by atoms with Crippen molar-refractivity contribution in [1.29, 1.82) is 0 Å². The van der Waals surface area contributed by atoms with Gasteiger partial charge in [0.2, 0.25) is 11.8 Å². The summed E-state index contributed by atoms with van der Waals surface area (Å²) >= 11 is 1.43. The first-order chi connectivity index (χ1) is 14.9. The second kappa shape index (κ2) is 10.2. The molecular weight excluding hydrogens is 410 g/mol. The minimum absolute atomic E-state index is 0.125. The number of thiazole rings is 1. The minimum Gasteiger partial charge on any atom is -0.494 e. The van der Waals surface area contributed by atoms with Gasteiger partial charge in [0.15, 0.2) is 5.13 Å². The molecule has 0 aliphatic heterocycles. The van der Waals surface area contributed by atoms with Gasteiger partial charge in [0.05, 0.1) is 24.8 Å². The molecule has 0 spiro atoms. The molecule has 2 aromatic carbocycles. The fourth-order valence-electron chi connectivity index (χ4n) is 3.25. The van der Waals surface area contributed by atoms with Crippen LogP contribution in [0.15, 0.2) is 48.5 Å². The van der Waals surface area contributed by atoms with Crippen molar-refractivity contribution in [1.82, 2.24) is 10.3 Å². The molecule has 0 bridgehead atoms. The lowest BCUT2D eigenvalue weighted by atomic mass is 10.0. The number of rotatable bonds is 8. The SMILES string of the molecule is CCOc1ccc(-c2nc(NC(=O)CC(NC(C)=O)c3ccc(C)cc3)sc2C)cc1. The molecule has 0 fully saturated rings. The van der Waals surface area contributed by atoms with Gasteiger partial charge in [-0.2, -0.15) is 0 Å². The van der Waals surface area contributed by atoms with Crippen LogP contribution in [0.1, 0.15) is 42.3 Å². The van der Waals surface area contributed by atoms with Gasteiger partial charge < -0.3 is 15.4 Å². The summed E-state index contributed by atoms with van der Waals surface area (Å²) in [6.07, 6.45) is 0.125. The first kappa shape index (κ1) is 22.5. The monoisotopic (exact) mass is 437 g/mol. The third kappa shape index (κ3) is 6.15. The van der Waals surface area contributed by atoms with Crippen LogP contribution in [0.3, 0.4) is 0 Å². The molecule has 0 aliphatic carbocycles. The molecule has 0 aliphatic rings. The summed E-state index contributed by atoms with van der Waals surface area (Å²) in [5.74, 6) is 0.431. The van der Waals surface area contributed by atoms with E-state index in [9.17, 15) is 9.59 Å². The van der Waals surface area contributed by atoms with E-state index in [1.54, 1.807) is 0 Å². The molecule has 1 unspecified atom stereocenters. The molecule has 0 saturated heterocycles. The molecule has 31 heavy (non-hydrogen) atoms. The van der Waals surface area contributed by atoms with E-state index in [0.717, 1.165) is 33.0 Å². The molecule has 3 aromatic rings. The Morgan fingerprint density at radius 3 is 2.35 bits per heavy atom. The first-order valence-corrected chi connectivity index (χ1v) is 11.0. The number of aromatic nitrogens is 1. The Labute approximate surface area is 186 Å². The van der Waals surface area contributed by atoms with Crippen LogP contribution in [0, 0.1) is 13.8 Å². The molecule has 1 aromatic heterocycles. The summed E-state index contributed by atoms with van der Waals surface area (Å²) < 4.78 is 5.49. The summed E-state index contributed by atoms with van der Waals surface area (Å²) in [4.78, 5) is 30.0. The summed E-state index contributed by atoms with van der Waals surface area (Å²) in [7, 11) is 0. The Kier molecular flexibility index (Phi) is 7.41. The normalized spacial score (nSPS) is 11.6. The van der Waals surface area contributed by atoms with Crippen molar-refractivity contribution < 1.29 is 14.3 Å². The topological polar surface area (TPSA) is 80.3 Å². The second-order valence-electron chi connectivity index (χ2n) is 7.30. The fourth-order valence-corrected chi connectivity index (χ4v) is 4.10. The highest BCUT2D eigenvalue weighted by molar-refractivity contribution is 7.16. The molecular formula is C24H27N3O3S. The van der Waals surface area contributed by atoms with Crippen molar-refractivity contribution in [2.45, 2.75) is 40.2 Å². The zero-order valence-corrected chi connectivity index (χ0v) is 19.0. The third-order valence-corrected chi connectivity index (χ3v) is 5.61. The van der Waals surface area contributed by atoms with Gasteiger partial charge in [0, 0.05) is 17.4 Å². The number of hydrogen-bond acceptors (Lipinski definition) is 5. The van der Waals surface area contributed by atoms with Crippen LogP contribution in [0.25, 0.3) is 11.3 Å². The van der Waals surface area contributed by atoms with E-state index in [1.165, 1.54) is 18.3 Å². The number of benzene rings is 2. The fraction of sp³-hybridized carbons (Fsp3) is 0.292. The quantitative estimate of drug-likeness (QED) is 0.518. The average molecular weight is 438 g/mol. The van der Waals surface area contributed by atoms with Crippen molar-refractivity contribution in [2.24, 2.45) is 0 Å². The summed E-state index contributed by atoms with van der Waals surface area (Å²) in [5, 5.41) is 6.28. The van der Waals surface area contributed by atoms with E-state index in [4.69, 9.17) is 4.74 Å². The van der Waals surface area contributed by atoms with E-state index in [2.05, 4.69) is 15.6 Å². The summed E-state index contributed by atoms with van der Waals surface area (Å²) in [5.41, 5.74) is 3.81. The van der Waals surface area contributed by atoms with Gasteiger partial charge in [-0.1, -0.05) is 29.8 Å². The predicted octanol–water partition coefficient (Wildman–Crippen LogP) is 5.03. The summed E-state index contributed by atoms with van der Waals surface area (Å²) in [6, 6.07) is 15.1. The van der Waals surface area contributed by atoms with E-state index < -0.39 is 6.04 Å². The number of carbonyl (C=O) groups excluding carboxylic acids is 2. The van der Waals surface area contributed by atoms with Crippen molar-refractivity contribution in [3.8, 4) is 17.0 Å². The Balaban J connectivity index is 1.71. The number of nitrogens with one attached hydrogen (secondary N) is 2. The standard InChI is InChI=1S/C24H27N3O3S/c1-5-30-20-12-10-19(11-13-20)23-16(3)31-24(27-23)26-22(29)14-21(25-17(4)28)18-8-6-15(2)7-9-18/h6-13,21H,5,14H2,1-4H3,(H,25,28)(H,26,27,29). The van der Waals surface area contributed by atoms with E-state index in [0.29, 0.717) is 11.7 Å². The molecule has 7 heteroatoms. The number of aryl methyl sites for hydroxylation is 2. The van der Waals surface area contributed by atoms with Gasteiger partial charge in [-0.3, -0.25) is 9.59 Å². The van der Waals surface area contributed by atoms with Crippen LogP contribution in [-0.2, 0) is 9.59 Å². The Morgan fingerprint density at radius 2 is 1.74 bits per heavy atom. The van der Waals surface area contributed by atoms with Crippen LogP contribution in [0.5, 0.6) is 5.75 Å². The number of anilines is 1. The van der Waals surface area contributed by atoms with Crippen LogP contribution in [0.2, 0.25) is 0 Å². The number of amides is 2. The molecule has 0 radical (unpaired) electrons. The number of hydrogen-bond donors (Lipinski definition) is 2. The van der Waals surface area contributed by atoms with Crippen LogP contribution in [0.4, 0.5) is 5.13 Å². The third-order valence-electron chi connectivity index (χ3n) is 4.73. The Bertz CT molecular complexity index is 1040. The molecule has 6 nitrogen and oxygen atoms in total. The maximum Gasteiger partial charge on any atom is 0.228 e. The van der Waals surface area contributed by atoms with Crippen molar-refractivity contribution in [2.75, 3.05) is 11.9 Å². The van der Waals surface area contributed by atoms with Gasteiger partial charge >= 0.3 is 0 Å². The smallest absolute Gasteiger partial charge is 0.228 e. The highest BCUT2D eigenvalue weighted by Crippen LogP contribution is 2.31. The highest BCUT2D eigenvalue weighted by atomic mass is 32.1. The lowest BCUT2D eigenvalue weighted by Gasteiger charge is -2.18. The van der Waals surface area contributed by atoms with Gasteiger partial charge in [-0.15, -0.1) is 11.3 Å². The first-order valence-electron chi connectivity index (χ1n) is 10.2. The van der Waals surface area contributed by atoms with E-state index >= 15 is 0 Å². The van der Waals surface area contributed by atoms with Crippen LogP contribution in [-0.4, -0.2) is 23.4 Å². The van der Waals surface area contributed by atoms with Gasteiger partial charge in [-0.05, 0) is 50.6 Å². The lowest BCUT2D eigenvalue weighted by molar-refractivity contribution is -0.120. The van der Waals surface area contributed by atoms with E-state index in [-0.39, 0.29) is 18.2 Å². The molecule has 2 N–H and O–H groups in total. The Hall–Kier alpha value is -3.19. The van der Waals surface area contributed by atoms with E-state index in [1.807, 2.05) is 69.3 Å². The molecule has 2 amide bonds. The summed E-state index contributed by atoms with van der Waals surface area (Å²) in [6.45, 7) is 7.99. The van der Waals surface area contributed by atoms with Gasteiger partial charge in [0.25, 0.3) is 0 Å². The Morgan fingerprint density at radius 1 is 1.06 bits per heavy atom. The average Bonchev–Trinajstić information content (AvgIpc) is 3.08. The second-order valence-corrected chi connectivity index (χ2v) is 8.50. The molecule has 3 rings (SSSR count). The maximum atomic E-state index is 12.7. The number of nitrogens with zero attached hydrogens (tertiary/aromatic N) is 1. The number of ether oxygens (including phenoxy) is 1. The zero-order chi connectivity index (χ0) is 22.4. The van der Waals surface area contributed by atoms with Crippen LogP contribution >= 0.6 is 11.3 Å². The minimum atomic E-state index is -0.398. The molecule has 1 atom stereocenters. The van der Waals surface area contributed by atoms with Crippen LogP contribution < -0.4 is 15.4 Å². The molecule has 1 heterocycles. The predicted molar refractivity (Wildman–Crippen MR) is 124 cm³/mol. The largest absolute Gasteiger partial charge is 0.494 e. The van der Waals surface area contributed by atoms with Gasteiger partial charge in [0.1, 0.15) is 5.75 Å².